The molecule has 1 fully saturated rings. The number of carbonyl (C=O) groups is 1. The molecular formula is C16H24N2O2. The molecule has 0 aromatic heterocycles. The quantitative estimate of drug-likeness (QED) is 0.830. The SMILES string of the molecule is Cc1ccc(C)c(OCNC(=O)NC2CCCC2)c1C. The summed E-state index contributed by atoms with van der Waals surface area (Å²) < 4.78 is 5.71. The van der Waals surface area contributed by atoms with Gasteiger partial charge in [-0.3, -0.25) is 0 Å². The summed E-state index contributed by atoms with van der Waals surface area (Å²) in [7, 11) is 0. The van der Waals surface area contributed by atoms with Crippen LogP contribution in [0.4, 0.5) is 4.79 Å². The highest BCUT2D eigenvalue weighted by Crippen LogP contribution is 2.25. The Morgan fingerprint density at radius 3 is 2.55 bits per heavy atom. The van der Waals surface area contributed by atoms with Gasteiger partial charge in [0.2, 0.25) is 0 Å². The second kappa shape index (κ2) is 6.64. The average Bonchev–Trinajstić information content (AvgIpc) is 2.91. The Labute approximate surface area is 120 Å². The number of ether oxygens (including phenoxy) is 1. The van der Waals surface area contributed by atoms with Gasteiger partial charge >= 0.3 is 6.03 Å². The molecule has 0 heterocycles. The highest BCUT2D eigenvalue weighted by Gasteiger charge is 2.16. The van der Waals surface area contributed by atoms with Crippen LogP contribution in [0.15, 0.2) is 12.1 Å². The fourth-order valence-corrected chi connectivity index (χ4v) is 2.63. The van der Waals surface area contributed by atoms with E-state index in [4.69, 9.17) is 4.74 Å². The molecule has 0 saturated heterocycles. The van der Waals surface area contributed by atoms with E-state index in [0.717, 1.165) is 29.7 Å². The predicted octanol–water partition coefficient (Wildman–Crippen LogP) is 3.19. The van der Waals surface area contributed by atoms with Crippen LogP contribution in [0.2, 0.25) is 0 Å². The zero-order chi connectivity index (χ0) is 14.5. The van der Waals surface area contributed by atoms with Crippen molar-refractivity contribution in [1.29, 1.82) is 0 Å². The third-order valence-electron chi connectivity index (χ3n) is 4.01. The summed E-state index contributed by atoms with van der Waals surface area (Å²) in [6.07, 6.45) is 4.60. The van der Waals surface area contributed by atoms with Crippen LogP contribution in [0.1, 0.15) is 42.4 Å². The highest BCUT2D eigenvalue weighted by molar-refractivity contribution is 5.74. The molecule has 1 aliphatic rings. The van der Waals surface area contributed by atoms with E-state index < -0.39 is 0 Å². The van der Waals surface area contributed by atoms with Gasteiger partial charge in [0.1, 0.15) is 5.75 Å². The number of hydrogen-bond donors (Lipinski definition) is 2. The van der Waals surface area contributed by atoms with Crippen LogP contribution in [-0.4, -0.2) is 18.8 Å². The normalized spacial score (nSPS) is 15.2. The van der Waals surface area contributed by atoms with Crippen molar-refractivity contribution in [3.05, 3.63) is 28.8 Å². The molecule has 2 rings (SSSR count). The van der Waals surface area contributed by atoms with Gasteiger partial charge in [-0.15, -0.1) is 0 Å². The molecule has 0 unspecified atom stereocenters. The second-order valence-electron chi connectivity index (χ2n) is 5.57. The fourth-order valence-electron chi connectivity index (χ4n) is 2.63. The van der Waals surface area contributed by atoms with E-state index in [1.54, 1.807) is 0 Å². The van der Waals surface area contributed by atoms with Gasteiger partial charge in [0, 0.05) is 6.04 Å². The van der Waals surface area contributed by atoms with E-state index in [-0.39, 0.29) is 12.8 Å². The Morgan fingerprint density at radius 1 is 1.20 bits per heavy atom. The summed E-state index contributed by atoms with van der Waals surface area (Å²) in [4.78, 5) is 11.7. The first-order valence-electron chi connectivity index (χ1n) is 7.32. The maximum atomic E-state index is 11.7. The van der Waals surface area contributed by atoms with E-state index >= 15 is 0 Å². The first kappa shape index (κ1) is 14.7. The largest absolute Gasteiger partial charge is 0.473 e. The van der Waals surface area contributed by atoms with Crippen LogP contribution in [-0.2, 0) is 0 Å². The van der Waals surface area contributed by atoms with Crippen LogP contribution in [0.25, 0.3) is 0 Å². The summed E-state index contributed by atoms with van der Waals surface area (Å²) in [5.41, 5.74) is 3.41. The molecule has 4 heteroatoms. The minimum absolute atomic E-state index is 0.139. The summed E-state index contributed by atoms with van der Waals surface area (Å²) >= 11 is 0. The van der Waals surface area contributed by atoms with Gasteiger partial charge in [0.25, 0.3) is 0 Å². The Balaban J connectivity index is 1.80. The van der Waals surface area contributed by atoms with Gasteiger partial charge in [-0.25, -0.2) is 4.79 Å². The molecule has 2 N–H and O–H groups in total. The Bertz CT molecular complexity index is 480. The zero-order valence-electron chi connectivity index (χ0n) is 12.6. The van der Waals surface area contributed by atoms with Crippen molar-refractivity contribution in [1.82, 2.24) is 10.6 Å². The van der Waals surface area contributed by atoms with E-state index in [9.17, 15) is 4.79 Å². The Hall–Kier alpha value is -1.71. The van der Waals surface area contributed by atoms with Gasteiger partial charge < -0.3 is 15.4 Å². The lowest BCUT2D eigenvalue weighted by atomic mass is 10.1. The number of benzene rings is 1. The van der Waals surface area contributed by atoms with Crippen LogP contribution in [0, 0.1) is 20.8 Å². The standard InChI is InChI=1S/C16H24N2O2/c1-11-8-9-12(2)15(13(11)3)20-10-17-16(19)18-14-6-4-5-7-14/h8-9,14H,4-7,10H2,1-3H3,(H2,17,18,19). The number of nitrogens with one attached hydrogen (secondary N) is 2. The maximum Gasteiger partial charge on any atom is 0.317 e. The molecule has 0 spiro atoms. The van der Waals surface area contributed by atoms with Crippen molar-refractivity contribution >= 4 is 6.03 Å². The monoisotopic (exact) mass is 276 g/mol. The second-order valence-corrected chi connectivity index (χ2v) is 5.57. The van der Waals surface area contributed by atoms with E-state index in [2.05, 4.69) is 23.6 Å². The minimum atomic E-state index is -0.139. The van der Waals surface area contributed by atoms with Crippen LogP contribution < -0.4 is 15.4 Å². The molecule has 0 bridgehead atoms. The van der Waals surface area contributed by atoms with Crippen LogP contribution >= 0.6 is 0 Å². The average molecular weight is 276 g/mol. The van der Waals surface area contributed by atoms with Crippen molar-refractivity contribution in [2.75, 3.05) is 6.73 Å². The van der Waals surface area contributed by atoms with Crippen LogP contribution in [0.5, 0.6) is 5.75 Å². The van der Waals surface area contributed by atoms with Crippen molar-refractivity contribution in [3.63, 3.8) is 0 Å². The first-order valence-corrected chi connectivity index (χ1v) is 7.32. The van der Waals surface area contributed by atoms with Crippen LogP contribution in [0.3, 0.4) is 0 Å². The molecule has 110 valence electrons. The van der Waals surface area contributed by atoms with Gasteiger partial charge in [-0.05, 0) is 50.3 Å². The van der Waals surface area contributed by atoms with E-state index in [1.807, 2.05) is 19.9 Å². The van der Waals surface area contributed by atoms with Gasteiger partial charge in [-0.2, -0.15) is 0 Å². The molecular weight excluding hydrogens is 252 g/mol. The smallest absolute Gasteiger partial charge is 0.317 e. The Kier molecular flexibility index (Phi) is 4.88. The van der Waals surface area contributed by atoms with Gasteiger partial charge in [0.15, 0.2) is 6.73 Å². The molecule has 1 aromatic carbocycles. The van der Waals surface area contributed by atoms with Gasteiger partial charge in [-0.1, -0.05) is 25.0 Å². The summed E-state index contributed by atoms with van der Waals surface area (Å²) in [6.45, 7) is 6.31. The molecule has 4 nitrogen and oxygen atoms in total. The number of carbonyl (C=O) groups excluding carboxylic acids is 1. The van der Waals surface area contributed by atoms with E-state index in [0.29, 0.717) is 6.04 Å². The zero-order valence-corrected chi connectivity index (χ0v) is 12.6. The number of rotatable bonds is 4. The minimum Gasteiger partial charge on any atom is -0.473 e. The third-order valence-corrected chi connectivity index (χ3v) is 4.01. The number of hydrogen-bond acceptors (Lipinski definition) is 2. The number of amides is 2. The molecule has 0 aliphatic heterocycles. The lowest BCUT2D eigenvalue weighted by Gasteiger charge is -2.16. The molecule has 0 atom stereocenters. The lowest BCUT2D eigenvalue weighted by Crippen LogP contribution is -2.42. The number of aryl methyl sites for hydroxylation is 2. The molecule has 2 amide bonds. The van der Waals surface area contributed by atoms with Crippen molar-refractivity contribution < 1.29 is 9.53 Å². The summed E-state index contributed by atoms with van der Waals surface area (Å²) in [6, 6.07) is 4.31. The van der Waals surface area contributed by atoms with E-state index in [1.165, 1.54) is 18.4 Å². The molecule has 1 aliphatic carbocycles. The topological polar surface area (TPSA) is 50.4 Å². The third kappa shape index (κ3) is 3.65. The highest BCUT2D eigenvalue weighted by atomic mass is 16.5. The molecule has 20 heavy (non-hydrogen) atoms. The first-order chi connectivity index (χ1) is 9.58. The van der Waals surface area contributed by atoms with Crippen molar-refractivity contribution in [2.45, 2.75) is 52.5 Å². The fraction of sp³-hybridized carbons (Fsp3) is 0.562. The molecule has 1 saturated carbocycles. The summed E-state index contributed by atoms with van der Waals surface area (Å²) in [5, 5.41) is 5.74. The predicted molar refractivity (Wildman–Crippen MR) is 80.1 cm³/mol. The number of urea groups is 1. The Morgan fingerprint density at radius 2 is 1.85 bits per heavy atom. The van der Waals surface area contributed by atoms with Crippen molar-refractivity contribution in [2.24, 2.45) is 0 Å². The lowest BCUT2D eigenvalue weighted by molar-refractivity contribution is 0.220. The maximum absolute atomic E-state index is 11.7. The summed E-state index contributed by atoms with van der Waals surface area (Å²) in [5.74, 6) is 0.867. The molecule has 1 aromatic rings. The molecule has 0 radical (unpaired) electrons. The van der Waals surface area contributed by atoms with Crippen molar-refractivity contribution in [3.8, 4) is 5.75 Å². The van der Waals surface area contributed by atoms with Gasteiger partial charge in [0.05, 0.1) is 0 Å².